The Morgan fingerprint density at radius 1 is 0.933 bits per heavy atom. The second-order valence-corrected chi connectivity index (χ2v) is 8.94. The Kier molecular flexibility index (Phi) is 6.42. The van der Waals surface area contributed by atoms with Crippen molar-refractivity contribution >= 4 is 27.3 Å². The van der Waals surface area contributed by atoms with Crippen molar-refractivity contribution in [3.63, 3.8) is 0 Å². The number of amides is 1. The van der Waals surface area contributed by atoms with E-state index in [9.17, 15) is 18.3 Å². The van der Waals surface area contributed by atoms with Crippen molar-refractivity contribution < 1.29 is 18.3 Å². The number of phenols is 1. The van der Waals surface area contributed by atoms with Crippen LogP contribution in [0, 0.1) is 13.8 Å². The third-order valence-electron chi connectivity index (χ3n) is 4.60. The van der Waals surface area contributed by atoms with Crippen molar-refractivity contribution in [2.45, 2.75) is 25.2 Å². The summed E-state index contributed by atoms with van der Waals surface area (Å²) < 4.78 is 27.9. The van der Waals surface area contributed by atoms with Crippen molar-refractivity contribution in [3.8, 4) is 5.75 Å². The third-order valence-corrected chi connectivity index (χ3v) is 6.44. The molecule has 0 heterocycles. The maximum absolute atomic E-state index is 13.3. The average molecular weight is 425 g/mol. The minimum atomic E-state index is -3.85. The summed E-state index contributed by atoms with van der Waals surface area (Å²) in [6.45, 7) is 3.79. The van der Waals surface area contributed by atoms with E-state index >= 15 is 0 Å². The highest BCUT2D eigenvalue weighted by Crippen LogP contribution is 2.25. The first-order valence-electron chi connectivity index (χ1n) is 9.51. The normalized spacial score (nSPS) is 11.1. The summed E-state index contributed by atoms with van der Waals surface area (Å²) in [5, 5.41) is 12.2. The molecule has 0 unspecified atom stereocenters. The fraction of sp³-hybridized carbons (Fsp3) is 0.174. The van der Waals surface area contributed by atoms with Crippen molar-refractivity contribution in [1.29, 1.82) is 0 Å². The SMILES string of the molecule is Cc1ccc(N(CCC(=O)Nc2cccc(O)c2)S(=O)(=O)c2ccc(C)cc2)cc1. The molecule has 0 saturated heterocycles. The lowest BCUT2D eigenvalue weighted by Crippen LogP contribution is -2.34. The molecule has 0 aliphatic heterocycles. The van der Waals surface area contributed by atoms with Gasteiger partial charge in [0.1, 0.15) is 5.75 Å². The number of sulfonamides is 1. The molecule has 0 spiro atoms. The lowest BCUT2D eigenvalue weighted by molar-refractivity contribution is -0.116. The highest BCUT2D eigenvalue weighted by atomic mass is 32.2. The molecule has 7 heteroatoms. The van der Waals surface area contributed by atoms with E-state index in [1.165, 1.54) is 16.4 Å². The number of rotatable bonds is 7. The van der Waals surface area contributed by atoms with Gasteiger partial charge in [0.25, 0.3) is 10.0 Å². The summed E-state index contributed by atoms with van der Waals surface area (Å²) in [5.74, 6) is -0.312. The second-order valence-electron chi connectivity index (χ2n) is 7.07. The number of aryl methyl sites for hydroxylation is 2. The van der Waals surface area contributed by atoms with E-state index in [1.807, 2.05) is 26.0 Å². The van der Waals surface area contributed by atoms with Crippen LogP contribution in [0.3, 0.4) is 0 Å². The summed E-state index contributed by atoms with van der Waals surface area (Å²) in [6, 6.07) is 20.0. The number of phenolic OH excluding ortho intramolecular Hbond substituents is 1. The number of benzene rings is 3. The van der Waals surface area contributed by atoms with Gasteiger partial charge in [-0.1, -0.05) is 41.5 Å². The molecule has 0 bridgehead atoms. The zero-order valence-electron chi connectivity index (χ0n) is 16.9. The molecule has 2 N–H and O–H groups in total. The van der Waals surface area contributed by atoms with Gasteiger partial charge in [-0.05, 0) is 50.2 Å². The van der Waals surface area contributed by atoms with Crippen molar-refractivity contribution in [2.75, 3.05) is 16.2 Å². The number of hydrogen-bond acceptors (Lipinski definition) is 4. The van der Waals surface area contributed by atoms with Crippen LogP contribution in [0.2, 0.25) is 0 Å². The smallest absolute Gasteiger partial charge is 0.264 e. The molecule has 0 aliphatic carbocycles. The van der Waals surface area contributed by atoms with E-state index < -0.39 is 10.0 Å². The van der Waals surface area contributed by atoms with Gasteiger partial charge in [0.2, 0.25) is 5.91 Å². The molecular formula is C23H24N2O4S. The molecule has 3 aromatic rings. The monoisotopic (exact) mass is 424 g/mol. The minimum absolute atomic E-state index is 0.0239. The Morgan fingerprint density at radius 3 is 2.13 bits per heavy atom. The van der Waals surface area contributed by atoms with Gasteiger partial charge in [-0.2, -0.15) is 0 Å². The number of aromatic hydroxyl groups is 1. The topological polar surface area (TPSA) is 86.7 Å². The predicted molar refractivity (Wildman–Crippen MR) is 118 cm³/mol. The minimum Gasteiger partial charge on any atom is -0.508 e. The largest absolute Gasteiger partial charge is 0.508 e. The van der Waals surface area contributed by atoms with Crippen molar-refractivity contribution in [2.24, 2.45) is 0 Å². The number of nitrogens with zero attached hydrogens (tertiary/aromatic N) is 1. The number of nitrogens with one attached hydrogen (secondary N) is 1. The Morgan fingerprint density at radius 2 is 1.53 bits per heavy atom. The molecule has 0 fully saturated rings. The Labute approximate surface area is 176 Å². The molecule has 0 aliphatic rings. The van der Waals surface area contributed by atoms with Crippen LogP contribution in [0.25, 0.3) is 0 Å². The zero-order chi connectivity index (χ0) is 21.7. The summed E-state index contributed by atoms with van der Waals surface area (Å²) in [6.07, 6.45) is -0.0470. The van der Waals surface area contributed by atoms with Crippen LogP contribution in [0.1, 0.15) is 17.5 Å². The highest BCUT2D eigenvalue weighted by Gasteiger charge is 2.25. The quantitative estimate of drug-likeness (QED) is 0.594. The fourth-order valence-electron chi connectivity index (χ4n) is 2.95. The van der Waals surface area contributed by atoms with Gasteiger partial charge in [0.15, 0.2) is 0 Å². The summed E-state index contributed by atoms with van der Waals surface area (Å²) in [7, 11) is -3.85. The molecular weight excluding hydrogens is 400 g/mol. The van der Waals surface area contributed by atoms with E-state index in [4.69, 9.17) is 0 Å². The zero-order valence-corrected chi connectivity index (χ0v) is 17.7. The van der Waals surface area contributed by atoms with E-state index in [1.54, 1.807) is 48.5 Å². The molecule has 0 saturated carbocycles. The van der Waals surface area contributed by atoms with Crippen molar-refractivity contribution in [1.82, 2.24) is 0 Å². The van der Waals surface area contributed by atoms with Gasteiger partial charge in [0.05, 0.1) is 10.6 Å². The summed E-state index contributed by atoms with van der Waals surface area (Å²) in [4.78, 5) is 12.6. The molecule has 3 aromatic carbocycles. The molecule has 0 aromatic heterocycles. The van der Waals surface area contributed by atoms with Crippen LogP contribution in [0.15, 0.2) is 77.7 Å². The van der Waals surface area contributed by atoms with E-state index in [0.717, 1.165) is 11.1 Å². The lowest BCUT2D eigenvalue weighted by atomic mass is 10.2. The van der Waals surface area contributed by atoms with Crippen LogP contribution in [-0.2, 0) is 14.8 Å². The van der Waals surface area contributed by atoms with E-state index in [2.05, 4.69) is 5.32 Å². The molecule has 0 radical (unpaired) electrons. The summed E-state index contributed by atoms with van der Waals surface area (Å²) in [5.41, 5.74) is 2.91. The number of anilines is 2. The maximum atomic E-state index is 13.3. The first-order valence-corrected chi connectivity index (χ1v) is 10.9. The van der Waals surface area contributed by atoms with Crippen LogP contribution < -0.4 is 9.62 Å². The molecule has 0 atom stereocenters. The first-order chi connectivity index (χ1) is 14.3. The van der Waals surface area contributed by atoms with Crippen LogP contribution >= 0.6 is 0 Å². The highest BCUT2D eigenvalue weighted by molar-refractivity contribution is 7.92. The fourth-order valence-corrected chi connectivity index (χ4v) is 4.41. The van der Waals surface area contributed by atoms with Gasteiger partial charge in [-0.25, -0.2) is 8.42 Å². The van der Waals surface area contributed by atoms with Gasteiger partial charge < -0.3 is 10.4 Å². The molecule has 156 valence electrons. The van der Waals surface area contributed by atoms with Crippen LogP contribution in [-0.4, -0.2) is 26.0 Å². The number of carbonyl (C=O) groups excluding carboxylic acids is 1. The molecule has 6 nitrogen and oxygen atoms in total. The first kappa shape index (κ1) is 21.4. The average Bonchev–Trinajstić information content (AvgIpc) is 2.69. The summed E-state index contributed by atoms with van der Waals surface area (Å²) >= 11 is 0. The van der Waals surface area contributed by atoms with Gasteiger partial charge >= 0.3 is 0 Å². The Bertz CT molecular complexity index is 1120. The Hall–Kier alpha value is -3.32. The second kappa shape index (κ2) is 9.00. The maximum Gasteiger partial charge on any atom is 0.264 e. The van der Waals surface area contributed by atoms with Gasteiger partial charge in [0, 0.05) is 24.7 Å². The van der Waals surface area contributed by atoms with Gasteiger partial charge in [-0.3, -0.25) is 9.10 Å². The Balaban J connectivity index is 1.83. The van der Waals surface area contributed by atoms with E-state index in [0.29, 0.717) is 11.4 Å². The van der Waals surface area contributed by atoms with E-state index in [-0.39, 0.29) is 29.5 Å². The standard InChI is InChI=1S/C23H24N2O4S/c1-17-6-10-20(11-7-17)25(30(28,29)22-12-8-18(2)9-13-22)15-14-23(27)24-19-4-3-5-21(26)16-19/h3-13,16,26H,14-15H2,1-2H3,(H,24,27). The van der Waals surface area contributed by atoms with Crippen LogP contribution in [0.4, 0.5) is 11.4 Å². The number of hydrogen-bond donors (Lipinski definition) is 2. The third kappa shape index (κ3) is 5.18. The predicted octanol–water partition coefficient (Wildman–Crippen LogP) is 4.23. The number of carbonyl (C=O) groups is 1. The molecule has 30 heavy (non-hydrogen) atoms. The van der Waals surface area contributed by atoms with Crippen LogP contribution in [0.5, 0.6) is 5.75 Å². The van der Waals surface area contributed by atoms with Gasteiger partial charge in [-0.15, -0.1) is 0 Å². The molecule has 1 amide bonds. The molecule has 3 rings (SSSR count). The lowest BCUT2D eigenvalue weighted by Gasteiger charge is -2.24. The van der Waals surface area contributed by atoms with Crippen molar-refractivity contribution in [3.05, 3.63) is 83.9 Å².